The van der Waals surface area contributed by atoms with Gasteiger partial charge in [0.25, 0.3) is 5.91 Å². The van der Waals surface area contributed by atoms with Crippen molar-refractivity contribution in [2.75, 3.05) is 0 Å². The highest BCUT2D eigenvalue weighted by Crippen LogP contribution is 2.29. The summed E-state index contributed by atoms with van der Waals surface area (Å²) in [6.45, 7) is 6.28. The predicted octanol–water partition coefficient (Wildman–Crippen LogP) is 4.48. The van der Waals surface area contributed by atoms with Crippen LogP contribution >= 0.6 is 0 Å². The minimum Gasteiger partial charge on any atom is -0.488 e. The van der Waals surface area contributed by atoms with Crippen molar-refractivity contribution in [3.63, 3.8) is 0 Å². The van der Waals surface area contributed by atoms with E-state index >= 15 is 0 Å². The van der Waals surface area contributed by atoms with E-state index in [1.807, 2.05) is 48.5 Å². The molecule has 0 saturated heterocycles. The molecule has 0 radical (unpaired) electrons. The molecule has 3 aromatic rings. The van der Waals surface area contributed by atoms with E-state index in [0.29, 0.717) is 22.2 Å². The third-order valence-electron chi connectivity index (χ3n) is 4.59. The Hall–Kier alpha value is -3.41. The summed E-state index contributed by atoms with van der Waals surface area (Å²) in [6.07, 6.45) is 1.98. The fourth-order valence-corrected chi connectivity index (χ4v) is 3.39. The summed E-state index contributed by atoms with van der Waals surface area (Å²) >= 11 is 0. The van der Waals surface area contributed by atoms with Crippen LogP contribution in [-0.4, -0.2) is 22.5 Å². The summed E-state index contributed by atoms with van der Waals surface area (Å²) in [5.74, 6) is -0.0783. The van der Waals surface area contributed by atoms with E-state index in [0.717, 1.165) is 24.2 Å². The Bertz CT molecular complexity index is 1060. The Labute approximate surface area is 170 Å². The highest BCUT2D eigenvalue weighted by atomic mass is 16.5. The molecule has 4 N–H and O–H groups in total. The maximum Gasteiger partial charge on any atom is 0.258 e. The number of hydrogen-bond donors (Lipinski definition) is 3. The Morgan fingerprint density at radius 1 is 1.17 bits per heavy atom. The van der Waals surface area contributed by atoms with Gasteiger partial charge in [-0.2, -0.15) is 0 Å². The van der Waals surface area contributed by atoms with Crippen LogP contribution in [0.25, 0.3) is 22.2 Å². The first kappa shape index (κ1) is 20.3. The molecule has 29 heavy (non-hydrogen) atoms. The van der Waals surface area contributed by atoms with Gasteiger partial charge in [0.2, 0.25) is 0 Å². The van der Waals surface area contributed by atoms with E-state index in [4.69, 9.17) is 20.9 Å². The summed E-state index contributed by atoms with van der Waals surface area (Å²) in [6, 6.07) is 16.8. The summed E-state index contributed by atoms with van der Waals surface area (Å²) in [5.41, 5.74) is 7.68. The van der Waals surface area contributed by atoms with Crippen LogP contribution in [0.1, 0.15) is 44.0 Å². The number of ether oxygens (including phenoxy) is 1. The van der Waals surface area contributed by atoms with Crippen molar-refractivity contribution in [3.05, 3.63) is 60.2 Å². The third kappa shape index (κ3) is 4.90. The lowest BCUT2D eigenvalue weighted by atomic mass is 10.0. The van der Waals surface area contributed by atoms with Crippen molar-refractivity contribution in [2.24, 2.45) is 5.73 Å². The van der Waals surface area contributed by atoms with Crippen molar-refractivity contribution in [1.82, 2.24) is 10.3 Å². The van der Waals surface area contributed by atoms with Crippen LogP contribution in [0.2, 0.25) is 0 Å². The number of aromatic nitrogens is 1. The third-order valence-corrected chi connectivity index (χ3v) is 4.59. The molecule has 1 amide bonds. The topological polar surface area (TPSA) is 101 Å². The number of amides is 1. The van der Waals surface area contributed by atoms with E-state index in [1.54, 1.807) is 6.07 Å². The van der Waals surface area contributed by atoms with E-state index in [-0.39, 0.29) is 5.60 Å². The predicted molar refractivity (Wildman–Crippen MR) is 116 cm³/mol. The number of nitrogens with two attached hydrogens (primary N) is 1. The molecule has 0 aliphatic heterocycles. The van der Waals surface area contributed by atoms with Crippen LogP contribution in [0, 0.1) is 5.41 Å². The van der Waals surface area contributed by atoms with Gasteiger partial charge in [0.1, 0.15) is 11.4 Å². The molecule has 0 bridgehead atoms. The maximum absolute atomic E-state index is 12.6. The lowest BCUT2D eigenvalue weighted by Gasteiger charge is -2.26. The number of nitrogens with zero attached hydrogens (tertiary/aromatic N) is 1. The zero-order chi connectivity index (χ0) is 21.0. The standard InChI is InChI=1S/C23H26N4O2/c1-4-12-23(2,3)29-16-9-7-8-15(13-16)20-14-18(21(28)27-22(24)25)17-10-5-6-11-19(17)26-20/h5-11,13-14H,4,12H2,1-3H3,(H4,24,25,27,28). The monoisotopic (exact) mass is 390 g/mol. The van der Waals surface area contributed by atoms with Crippen molar-refractivity contribution < 1.29 is 9.53 Å². The average Bonchev–Trinajstić information content (AvgIpc) is 2.66. The fraction of sp³-hybridized carbons (Fsp3) is 0.261. The number of nitrogens with one attached hydrogen (secondary N) is 2. The van der Waals surface area contributed by atoms with Crippen LogP contribution in [0.5, 0.6) is 5.75 Å². The van der Waals surface area contributed by atoms with Crippen molar-refractivity contribution in [3.8, 4) is 17.0 Å². The Balaban J connectivity index is 2.05. The quantitative estimate of drug-likeness (QED) is 0.426. The highest BCUT2D eigenvalue weighted by molar-refractivity contribution is 6.12. The molecule has 2 aromatic carbocycles. The van der Waals surface area contributed by atoms with Crippen LogP contribution in [0.4, 0.5) is 0 Å². The van der Waals surface area contributed by atoms with Gasteiger partial charge >= 0.3 is 0 Å². The van der Waals surface area contributed by atoms with Gasteiger partial charge in [-0.3, -0.25) is 15.5 Å². The van der Waals surface area contributed by atoms with Crippen LogP contribution in [0.15, 0.2) is 54.6 Å². The SMILES string of the molecule is CCCC(C)(C)Oc1cccc(-c2cc(C(=O)NC(=N)N)c3ccccc3n2)c1. The molecule has 0 fully saturated rings. The molecule has 3 rings (SSSR count). The lowest BCUT2D eigenvalue weighted by Crippen LogP contribution is -2.35. The van der Waals surface area contributed by atoms with Gasteiger partial charge in [-0.15, -0.1) is 0 Å². The Morgan fingerprint density at radius 2 is 1.93 bits per heavy atom. The van der Waals surface area contributed by atoms with E-state index in [2.05, 4.69) is 26.1 Å². The number of carbonyl (C=O) groups excluding carboxylic acids is 1. The molecule has 6 heteroatoms. The molecule has 0 atom stereocenters. The molecule has 0 unspecified atom stereocenters. The first-order valence-corrected chi connectivity index (χ1v) is 9.63. The molecular formula is C23H26N4O2. The molecule has 6 nitrogen and oxygen atoms in total. The second-order valence-corrected chi connectivity index (χ2v) is 7.58. The molecular weight excluding hydrogens is 364 g/mol. The minimum absolute atomic E-state index is 0.267. The Kier molecular flexibility index (Phi) is 5.82. The summed E-state index contributed by atoms with van der Waals surface area (Å²) in [4.78, 5) is 17.3. The molecule has 0 spiro atoms. The smallest absolute Gasteiger partial charge is 0.258 e. The van der Waals surface area contributed by atoms with Gasteiger partial charge in [0, 0.05) is 10.9 Å². The van der Waals surface area contributed by atoms with Crippen LogP contribution in [-0.2, 0) is 0 Å². The van der Waals surface area contributed by atoms with Gasteiger partial charge in [0.05, 0.1) is 16.8 Å². The summed E-state index contributed by atoms with van der Waals surface area (Å²) in [5, 5.41) is 10.4. The number of carbonyl (C=O) groups is 1. The fourth-order valence-electron chi connectivity index (χ4n) is 3.39. The number of hydrogen-bond acceptors (Lipinski definition) is 4. The molecule has 0 aliphatic carbocycles. The van der Waals surface area contributed by atoms with Gasteiger partial charge in [-0.05, 0) is 44.5 Å². The summed E-state index contributed by atoms with van der Waals surface area (Å²) < 4.78 is 6.17. The molecule has 150 valence electrons. The normalized spacial score (nSPS) is 11.3. The Morgan fingerprint density at radius 3 is 2.66 bits per heavy atom. The zero-order valence-corrected chi connectivity index (χ0v) is 17.0. The largest absolute Gasteiger partial charge is 0.488 e. The first-order chi connectivity index (χ1) is 13.8. The zero-order valence-electron chi connectivity index (χ0n) is 17.0. The molecule has 0 saturated carbocycles. The lowest BCUT2D eigenvalue weighted by molar-refractivity contribution is 0.0975. The highest BCUT2D eigenvalue weighted by Gasteiger charge is 2.19. The van der Waals surface area contributed by atoms with Crippen molar-refractivity contribution in [2.45, 2.75) is 39.2 Å². The number of rotatable bonds is 6. The minimum atomic E-state index is -0.436. The molecule has 1 heterocycles. The number of benzene rings is 2. The number of fused-ring (bicyclic) bond motifs is 1. The van der Waals surface area contributed by atoms with E-state index in [1.165, 1.54) is 0 Å². The van der Waals surface area contributed by atoms with Crippen LogP contribution in [0.3, 0.4) is 0 Å². The van der Waals surface area contributed by atoms with Gasteiger partial charge in [0.15, 0.2) is 5.96 Å². The van der Waals surface area contributed by atoms with E-state index in [9.17, 15) is 4.79 Å². The number of guanidine groups is 1. The molecule has 1 aromatic heterocycles. The second kappa shape index (κ2) is 8.31. The van der Waals surface area contributed by atoms with Gasteiger partial charge < -0.3 is 10.5 Å². The first-order valence-electron chi connectivity index (χ1n) is 9.63. The number of pyridine rings is 1. The van der Waals surface area contributed by atoms with Gasteiger partial charge in [-0.25, -0.2) is 4.98 Å². The summed E-state index contributed by atoms with van der Waals surface area (Å²) in [7, 11) is 0. The number of para-hydroxylation sites is 1. The van der Waals surface area contributed by atoms with Crippen LogP contribution < -0.4 is 15.8 Å². The van der Waals surface area contributed by atoms with E-state index < -0.39 is 11.9 Å². The maximum atomic E-state index is 12.6. The average molecular weight is 390 g/mol. The second-order valence-electron chi connectivity index (χ2n) is 7.58. The van der Waals surface area contributed by atoms with Crippen molar-refractivity contribution in [1.29, 1.82) is 5.41 Å². The molecule has 0 aliphatic rings. The van der Waals surface area contributed by atoms with Gasteiger partial charge in [-0.1, -0.05) is 43.7 Å². The van der Waals surface area contributed by atoms with Crippen molar-refractivity contribution >= 4 is 22.8 Å².